The molecule has 92 valence electrons. The third kappa shape index (κ3) is 3.03. The van der Waals surface area contributed by atoms with Crippen LogP contribution in [0.5, 0.6) is 0 Å². The normalized spacial score (nSPS) is 16.8. The molecule has 1 unspecified atom stereocenters. The van der Waals surface area contributed by atoms with Crippen LogP contribution >= 0.6 is 11.8 Å². The minimum absolute atomic E-state index is 0.207. The van der Waals surface area contributed by atoms with Crippen LogP contribution in [0.2, 0.25) is 0 Å². The van der Waals surface area contributed by atoms with Crippen molar-refractivity contribution in [2.45, 2.75) is 37.0 Å². The van der Waals surface area contributed by atoms with Gasteiger partial charge in [0.05, 0.1) is 6.42 Å². The lowest BCUT2D eigenvalue weighted by Gasteiger charge is -2.16. The average molecular weight is 250 g/mol. The van der Waals surface area contributed by atoms with Gasteiger partial charge in [-0.3, -0.25) is 4.79 Å². The Balaban J connectivity index is 2.25. The lowest BCUT2D eigenvalue weighted by atomic mass is 9.90. The molecular formula is C14H18O2S. The standard InChI is InChI=1S/C14H18O2S/c1-9-3-4-11(7-13(9)17-2)12(8-14(15)16)10-5-6-10/h3-4,7,10,12H,5-6,8H2,1-2H3,(H,15,16). The first-order valence-electron chi connectivity index (χ1n) is 5.98. The predicted octanol–water partition coefficient (Wildman–Crippen LogP) is 3.69. The maximum atomic E-state index is 10.9. The molecule has 17 heavy (non-hydrogen) atoms. The molecule has 1 fully saturated rings. The Kier molecular flexibility index (Phi) is 3.77. The molecule has 0 heterocycles. The van der Waals surface area contributed by atoms with E-state index >= 15 is 0 Å². The fraction of sp³-hybridized carbons (Fsp3) is 0.500. The van der Waals surface area contributed by atoms with Crippen LogP contribution < -0.4 is 0 Å². The first-order chi connectivity index (χ1) is 8.11. The van der Waals surface area contributed by atoms with Crippen molar-refractivity contribution < 1.29 is 9.90 Å². The van der Waals surface area contributed by atoms with Crippen molar-refractivity contribution in [3.8, 4) is 0 Å². The molecule has 1 aromatic carbocycles. The maximum Gasteiger partial charge on any atom is 0.303 e. The van der Waals surface area contributed by atoms with E-state index in [2.05, 4.69) is 31.4 Å². The summed E-state index contributed by atoms with van der Waals surface area (Å²) in [6, 6.07) is 6.38. The largest absolute Gasteiger partial charge is 0.481 e. The van der Waals surface area contributed by atoms with Gasteiger partial charge in [-0.25, -0.2) is 0 Å². The summed E-state index contributed by atoms with van der Waals surface area (Å²) >= 11 is 1.73. The fourth-order valence-corrected chi connectivity index (χ4v) is 2.95. The Hall–Kier alpha value is -0.960. The highest BCUT2D eigenvalue weighted by Gasteiger charge is 2.33. The molecule has 1 saturated carbocycles. The highest BCUT2D eigenvalue weighted by atomic mass is 32.2. The molecule has 0 saturated heterocycles. The summed E-state index contributed by atoms with van der Waals surface area (Å²) in [6.45, 7) is 2.10. The summed E-state index contributed by atoms with van der Waals surface area (Å²) in [5, 5.41) is 9.00. The Bertz CT molecular complexity index is 424. The maximum absolute atomic E-state index is 10.9. The summed E-state index contributed by atoms with van der Waals surface area (Å²) in [6.07, 6.45) is 4.69. The molecule has 0 spiro atoms. The van der Waals surface area contributed by atoms with Crippen LogP contribution in [0.4, 0.5) is 0 Å². The zero-order valence-corrected chi connectivity index (χ0v) is 11.1. The molecule has 2 rings (SSSR count). The number of carboxylic acid groups (broad SMARTS) is 1. The summed E-state index contributed by atoms with van der Waals surface area (Å²) < 4.78 is 0. The Morgan fingerprint density at radius 2 is 2.24 bits per heavy atom. The van der Waals surface area contributed by atoms with Crippen LogP contribution in [0.3, 0.4) is 0 Å². The van der Waals surface area contributed by atoms with Gasteiger partial charge in [-0.1, -0.05) is 12.1 Å². The van der Waals surface area contributed by atoms with Crippen LogP contribution in [-0.4, -0.2) is 17.3 Å². The van der Waals surface area contributed by atoms with E-state index in [9.17, 15) is 4.79 Å². The van der Waals surface area contributed by atoms with Crippen molar-refractivity contribution in [1.29, 1.82) is 0 Å². The molecule has 1 aromatic rings. The van der Waals surface area contributed by atoms with Gasteiger partial charge in [-0.05, 0) is 55.1 Å². The van der Waals surface area contributed by atoms with E-state index in [0.29, 0.717) is 5.92 Å². The summed E-state index contributed by atoms with van der Waals surface area (Å²) in [7, 11) is 0. The van der Waals surface area contributed by atoms with Crippen LogP contribution in [0, 0.1) is 12.8 Å². The minimum Gasteiger partial charge on any atom is -0.481 e. The SMILES string of the molecule is CSc1cc(C(CC(=O)O)C2CC2)ccc1C. The van der Waals surface area contributed by atoms with Gasteiger partial charge in [-0.2, -0.15) is 0 Å². The van der Waals surface area contributed by atoms with E-state index < -0.39 is 5.97 Å². The topological polar surface area (TPSA) is 37.3 Å². The highest BCUT2D eigenvalue weighted by molar-refractivity contribution is 7.98. The molecule has 0 bridgehead atoms. The van der Waals surface area contributed by atoms with Crippen LogP contribution in [0.1, 0.15) is 36.3 Å². The molecule has 1 N–H and O–H groups in total. The summed E-state index contributed by atoms with van der Waals surface area (Å²) in [5.74, 6) is 0.107. The van der Waals surface area contributed by atoms with Crippen molar-refractivity contribution >= 4 is 17.7 Å². The second-order valence-electron chi connectivity index (χ2n) is 4.77. The number of benzene rings is 1. The summed E-state index contributed by atoms with van der Waals surface area (Å²) in [5.41, 5.74) is 2.47. The van der Waals surface area contributed by atoms with Gasteiger partial charge in [0.25, 0.3) is 0 Å². The molecule has 1 atom stereocenters. The monoisotopic (exact) mass is 250 g/mol. The number of aliphatic carboxylic acids is 1. The Morgan fingerprint density at radius 1 is 1.53 bits per heavy atom. The van der Waals surface area contributed by atoms with Crippen molar-refractivity contribution in [3.05, 3.63) is 29.3 Å². The van der Waals surface area contributed by atoms with Gasteiger partial charge in [0.2, 0.25) is 0 Å². The number of rotatable bonds is 5. The van der Waals surface area contributed by atoms with E-state index in [1.54, 1.807) is 11.8 Å². The van der Waals surface area contributed by atoms with Gasteiger partial charge in [0.1, 0.15) is 0 Å². The Morgan fingerprint density at radius 3 is 2.76 bits per heavy atom. The third-order valence-corrected chi connectivity index (χ3v) is 4.33. The van der Waals surface area contributed by atoms with E-state index in [1.165, 1.54) is 28.9 Å². The lowest BCUT2D eigenvalue weighted by Crippen LogP contribution is -2.08. The Labute approximate surface area is 106 Å². The first-order valence-corrected chi connectivity index (χ1v) is 7.20. The van der Waals surface area contributed by atoms with Crippen LogP contribution in [0.15, 0.2) is 23.1 Å². The van der Waals surface area contributed by atoms with Gasteiger partial charge in [0, 0.05) is 4.90 Å². The minimum atomic E-state index is -0.687. The van der Waals surface area contributed by atoms with Gasteiger partial charge >= 0.3 is 5.97 Å². The van der Waals surface area contributed by atoms with Gasteiger partial charge in [0.15, 0.2) is 0 Å². The van der Waals surface area contributed by atoms with E-state index in [-0.39, 0.29) is 12.3 Å². The summed E-state index contributed by atoms with van der Waals surface area (Å²) in [4.78, 5) is 12.2. The zero-order valence-electron chi connectivity index (χ0n) is 10.3. The number of carbonyl (C=O) groups is 1. The highest BCUT2D eigenvalue weighted by Crippen LogP contribution is 2.45. The zero-order chi connectivity index (χ0) is 12.4. The molecule has 0 amide bonds. The number of hydrogen-bond acceptors (Lipinski definition) is 2. The van der Waals surface area contributed by atoms with Crippen LogP contribution in [-0.2, 0) is 4.79 Å². The van der Waals surface area contributed by atoms with Crippen LogP contribution in [0.25, 0.3) is 0 Å². The third-order valence-electron chi connectivity index (χ3n) is 3.45. The van der Waals surface area contributed by atoms with E-state index in [4.69, 9.17) is 5.11 Å². The molecule has 0 aliphatic heterocycles. The number of aryl methyl sites for hydroxylation is 1. The van der Waals surface area contributed by atoms with Gasteiger partial charge in [-0.15, -0.1) is 11.8 Å². The first kappa shape index (κ1) is 12.5. The van der Waals surface area contributed by atoms with E-state index in [1.807, 2.05) is 0 Å². The second-order valence-corrected chi connectivity index (χ2v) is 5.62. The molecule has 3 heteroatoms. The fourth-order valence-electron chi connectivity index (χ4n) is 2.31. The second kappa shape index (κ2) is 5.13. The van der Waals surface area contributed by atoms with Crippen molar-refractivity contribution in [3.63, 3.8) is 0 Å². The predicted molar refractivity (Wildman–Crippen MR) is 70.7 cm³/mol. The smallest absolute Gasteiger partial charge is 0.303 e. The molecule has 1 aliphatic carbocycles. The average Bonchev–Trinajstić information content (AvgIpc) is 3.10. The number of thioether (sulfide) groups is 1. The van der Waals surface area contributed by atoms with Crippen molar-refractivity contribution in [1.82, 2.24) is 0 Å². The molecule has 2 nitrogen and oxygen atoms in total. The molecule has 0 aromatic heterocycles. The lowest BCUT2D eigenvalue weighted by molar-refractivity contribution is -0.137. The van der Waals surface area contributed by atoms with E-state index in [0.717, 1.165) is 0 Å². The molecule has 0 radical (unpaired) electrons. The molecule has 1 aliphatic rings. The van der Waals surface area contributed by atoms with Gasteiger partial charge < -0.3 is 5.11 Å². The van der Waals surface area contributed by atoms with Crippen molar-refractivity contribution in [2.75, 3.05) is 6.26 Å². The number of carboxylic acids is 1. The number of hydrogen-bond donors (Lipinski definition) is 1. The molecular weight excluding hydrogens is 232 g/mol. The quantitative estimate of drug-likeness (QED) is 0.810. The van der Waals surface area contributed by atoms with Crippen molar-refractivity contribution in [2.24, 2.45) is 5.92 Å².